The van der Waals surface area contributed by atoms with Crippen molar-refractivity contribution in [3.63, 3.8) is 0 Å². The number of hydrogen-bond donors (Lipinski definition) is 3. The van der Waals surface area contributed by atoms with E-state index in [-0.39, 0.29) is 16.6 Å². The number of phenols is 1. The van der Waals surface area contributed by atoms with Gasteiger partial charge in [-0.05, 0) is 59.9 Å². The van der Waals surface area contributed by atoms with Crippen molar-refractivity contribution < 1.29 is 28.0 Å². The molecule has 38 heavy (non-hydrogen) atoms. The fourth-order valence-electron chi connectivity index (χ4n) is 5.05. The first kappa shape index (κ1) is 25.7. The van der Waals surface area contributed by atoms with Crippen LogP contribution in [0.15, 0.2) is 108 Å². The summed E-state index contributed by atoms with van der Waals surface area (Å²) in [5, 5.41) is 21.8. The van der Waals surface area contributed by atoms with E-state index in [0.717, 1.165) is 5.56 Å². The molecular formula is C30H27NO6S. The molecule has 0 bridgehead atoms. The second kappa shape index (κ2) is 10.4. The molecule has 0 aliphatic carbocycles. The number of β-lactam (4-membered cyclic amide) rings is 1. The topological polar surface area (TPSA) is 115 Å². The molecule has 7 nitrogen and oxygen atoms in total. The smallest absolute Gasteiger partial charge is 0.294 e. The summed E-state index contributed by atoms with van der Waals surface area (Å²) in [7, 11) is -4.37. The highest BCUT2D eigenvalue weighted by Gasteiger charge is 2.49. The zero-order valence-electron chi connectivity index (χ0n) is 20.4. The van der Waals surface area contributed by atoms with E-state index in [2.05, 4.69) is 0 Å². The standard InChI is InChI=1S/C30H27NO6S/c32-27(20-8-3-1-4-9-20)17-16-26-29(31(30(26)34)23-11-5-2-6-12-23)25-15-14-22(19-28(25)33)21-10-7-13-24(18-21)38(35,36)37/h1-15,18-19,26-27,29,32-33H,16-17H2,(H,35,36,37)/t26-,27+,29-/m1/s1. The van der Waals surface area contributed by atoms with Gasteiger partial charge in [-0.15, -0.1) is 0 Å². The highest BCUT2D eigenvalue weighted by molar-refractivity contribution is 7.85. The number of aromatic hydroxyl groups is 1. The number of anilines is 1. The molecule has 1 aliphatic heterocycles. The Balaban J connectivity index is 1.45. The predicted octanol–water partition coefficient (Wildman–Crippen LogP) is 5.52. The minimum Gasteiger partial charge on any atom is -0.508 e. The fourth-order valence-corrected chi connectivity index (χ4v) is 5.58. The van der Waals surface area contributed by atoms with E-state index in [4.69, 9.17) is 0 Å². The molecule has 0 radical (unpaired) electrons. The molecule has 3 N–H and O–H groups in total. The molecule has 4 aromatic carbocycles. The third-order valence-corrected chi connectivity index (χ3v) is 7.85. The number of carbonyl (C=O) groups is 1. The molecule has 0 spiro atoms. The summed E-state index contributed by atoms with van der Waals surface area (Å²) in [6, 6.07) is 28.9. The van der Waals surface area contributed by atoms with Crippen LogP contribution in [0.1, 0.15) is 36.1 Å². The van der Waals surface area contributed by atoms with Gasteiger partial charge in [-0.3, -0.25) is 9.35 Å². The number of hydrogen-bond acceptors (Lipinski definition) is 5. The van der Waals surface area contributed by atoms with Gasteiger partial charge >= 0.3 is 0 Å². The second-order valence-corrected chi connectivity index (χ2v) is 10.8. The quantitative estimate of drug-likeness (QED) is 0.204. The lowest BCUT2D eigenvalue weighted by molar-refractivity contribution is -0.131. The number of amides is 1. The maximum absolute atomic E-state index is 13.3. The molecule has 3 atom stereocenters. The fraction of sp³-hybridized carbons (Fsp3) is 0.167. The van der Waals surface area contributed by atoms with Gasteiger partial charge in [0.25, 0.3) is 10.1 Å². The molecule has 1 aliphatic rings. The van der Waals surface area contributed by atoms with Crippen LogP contribution < -0.4 is 4.90 Å². The van der Waals surface area contributed by atoms with Crippen molar-refractivity contribution in [1.29, 1.82) is 0 Å². The second-order valence-electron chi connectivity index (χ2n) is 9.38. The Morgan fingerprint density at radius 2 is 1.47 bits per heavy atom. The van der Waals surface area contributed by atoms with Crippen molar-refractivity contribution in [2.24, 2.45) is 5.92 Å². The van der Waals surface area contributed by atoms with Crippen LogP contribution in [0, 0.1) is 5.92 Å². The Hall–Kier alpha value is -3.98. The van der Waals surface area contributed by atoms with Crippen LogP contribution in [0.25, 0.3) is 11.1 Å². The first-order valence-electron chi connectivity index (χ1n) is 12.3. The average molecular weight is 530 g/mol. The Labute approximate surface area is 221 Å². The van der Waals surface area contributed by atoms with Crippen molar-refractivity contribution in [2.75, 3.05) is 4.90 Å². The summed E-state index contributed by atoms with van der Waals surface area (Å²) in [6.45, 7) is 0. The third kappa shape index (κ3) is 5.06. The first-order chi connectivity index (χ1) is 18.2. The van der Waals surface area contributed by atoms with Gasteiger partial charge in [0.1, 0.15) is 5.75 Å². The molecule has 8 heteroatoms. The summed E-state index contributed by atoms with van der Waals surface area (Å²) in [5.41, 5.74) is 3.13. The van der Waals surface area contributed by atoms with Crippen molar-refractivity contribution in [3.05, 3.63) is 114 Å². The molecule has 5 rings (SSSR count). The maximum atomic E-state index is 13.3. The number of phenolic OH excluding ortho intramolecular Hbond substituents is 1. The Morgan fingerprint density at radius 1 is 0.816 bits per heavy atom. The zero-order valence-corrected chi connectivity index (χ0v) is 21.2. The van der Waals surface area contributed by atoms with Gasteiger partial charge in [-0.2, -0.15) is 8.42 Å². The minimum absolute atomic E-state index is 0.0354. The minimum atomic E-state index is -4.37. The van der Waals surface area contributed by atoms with E-state index in [1.54, 1.807) is 23.1 Å². The molecule has 1 amide bonds. The van der Waals surface area contributed by atoms with Crippen molar-refractivity contribution in [1.82, 2.24) is 0 Å². The molecule has 0 unspecified atom stereocenters. The van der Waals surface area contributed by atoms with Crippen LogP contribution in [0.2, 0.25) is 0 Å². The predicted molar refractivity (Wildman–Crippen MR) is 144 cm³/mol. The number of aliphatic hydroxyl groups excluding tert-OH is 1. The molecule has 194 valence electrons. The molecule has 0 saturated carbocycles. The lowest BCUT2D eigenvalue weighted by Gasteiger charge is -2.48. The van der Waals surface area contributed by atoms with E-state index in [1.165, 1.54) is 24.3 Å². The summed E-state index contributed by atoms with van der Waals surface area (Å²) in [5.74, 6) is -0.550. The molecule has 1 saturated heterocycles. The molecule has 4 aromatic rings. The summed E-state index contributed by atoms with van der Waals surface area (Å²) in [6.07, 6.45) is 0.114. The number of para-hydroxylation sites is 1. The van der Waals surface area contributed by atoms with Crippen LogP contribution in [-0.2, 0) is 14.9 Å². The van der Waals surface area contributed by atoms with Crippen LogP contribution in [0.3, 0.4) is 0 Å². The van der Waals surface area contributed by atoms with Gasteiger partial charge in [0.05, 0.1) is 23.0 Å². The SMILES string of the molecule is O=C1[C@H](CC[C@H](O)c2ccccc2)[C@@H](c2ccc(-c3cccc(S(=O)(=O)O)c3)cc2O)N1c1ccccc1. The van der Waals surface area contributed by atoms with E-state index in [1.807, 2.05) is 60.7 Å². The summed E-state index contributed by atoms with van der Waals surface area (Å²) >= 11 is 0. The van der Waals surface area contributed by atoms with E-state index in [0.29, 0.717) is 35.2 Å². The maximum Gasteiger partial charge on any atom is 0.294 e. The van der Waals surface area contributed by atoms with Crippen LogP contribution in [0.5, 0.6) is 5.75 Å². The van der Waals surface area contributed by atoms with Gasteiger partial charge in [0.15, 0.2) is 0 Å². The molecular weight excluding hydrogens is 502 g/mol. The van der Waals surface area contributed by atoms with Crippen LogP contribution in [-0.4, -0.2) is 29.1 Å². The molecule has 1 heterocycles. The van der Waals surface area contributed by atoms with Gasteiger partial charge in [-0.25, -0.2) is 0 Å². The van der Waals surface area contributed by atoms with Crippen molar-refractivity contribution >= 4 is 21.7 Å². The number of carbonyl (C=O) groups excluding carboxylic acids is 1. The van der Waals surface area contributed by atoms with Crippen molar-refractivity contribution in [3.8, 4) is 16.9 Å². The Bertz CT molecular complexity index is 1560. The summed E-state index contributed by atoms with van der Waals surface area (Å²) < 4.78 is 32.5. The summed E-state index contributed by atoms with van der Waals surface area (Å²) in [4.78, 5) is 14.7. The van der Waals surface area contributed by atoms with Crippen LogP contribution in [0.4, 0.5) is 5.69 Å². The molecule has 0 aromatic heterocycles. The average Bonchev–Trinajstić information content (AvgIpc) is 2.92. The molecule has 1 fully saturated rings. The number of benzene rings is 4. The Morgan fingerprint density at radius 3 is 2.13 bits per heavy atom. The monoisotopic (exact) mass is 529 g/mol. The Kier molecular flexibility index (Phi) is 7.03. The van der Waals surface area contributed by atoms with Gasteiger partial charge in [0.2, 0.25) is 5.91 Å². The van der Waals surface area contributed by atoms with Gasteiger partial charge < -0.3 is 15.1 Å². The van der Waals surface area contributed by atoms with Gasteiger partial charge in [-0.1, -0.05) is 72.8 Å². The first-order valence-corrected chi connectivity index (χ1v) is 13.7. The van der Waals surface area contributed by atoms with E-state index in [9.17, 15) is 28.0 Å². The number of nitrogens with zero attached hydrogens (tertiary/aromatic N) is 1. The number of aliphatic hydroxyl groups is 1. The van der Waals surface area contributed by atoms with E-state index >= 15 is 0 Å². The highest BCUT2D eigenvalue weighted by atomic mass is 32.2. The van der Waals surface area contributed by atoms with E-state index < -0.39 is 28.2 Å². The lowest BCUT2D eigenvalue weighted by atomic mass is 9.77. The third-order valence-electron chi connectivity index (χ3n) is 7.00. The largest absolute Gasteiger partial charge is 0.508 e. The normalized spacial score (nSPS) is 18.2. The van der Waals surface area contributed by atoms with Gasteiger partial charge in [0, 0.05) is 11.3 Å². The lowest BCUT2D eigenvalue weighted by Crippen LogP contribution is -2.55. The number of rotatable bonds is 8. The van der Waals surface area contributed by atoms with Crippen molar-refractivity contribution in [2.45, 2.75) is 29.9 Å². The van der Waals surface area contributed by atoms with Crippen LogP contribution >= 0.6 is 0 Å². The highest BCUT2D eigenvalue weighted by Crippen LogP contribution is 2.49. The zero-order chi connectivity index (χ0) is 26.9.